The molecule has 378 valence electrons. The maximum atomic E-state index is 15.1. The highest BCUT2D eigenvalue weighted by Crippen LogP contribution is 2.46. The van der Waals surface area contributed by atoms with Gasteiger partial charge in [-0.1, -0.05) is 79.2 Å². The number of hydrogen-bond acceptors (Lipinski definition) is 11. The van der Waals surface area contributed by atoms with Crippen LogP contribution in [0, 0.1) is 0 Å². The van der Waals surface area contributed by atoms with Crippen LogP contribution in [0.2, 0.25) is 10.0 Å². The number of nitrogens with one attached hydrogen (secondary N) is 3. The van der Waals surface area contributed by atoms with Gasteiger partial charge in [0.2, 0.25) is 23.6 Å². The van der Waals surface area contributed by atoms with Crippen LogP contribution < -0.4 is 25.4 Å². The van der Waals surface area contributed by atoms with Crippen LogP contribution in [0.25, 0.3) is 0 Å². The second-order valence-electron chi connectivity index (χ2n) is 18.4. The maximum Gasteiger partial charge on any atom is 0.326 e. The minimum absolute atomic E-state index is 0.0560. The van der Waals surface area contributed by atoms with Crippen LogP contribution in [0.4, 0.5) is 10.5 Å². The van der Waals surface area contributed by atoms with Crippen LogP contribution in [-0.4, -0.2) is 125 Å². The van der Waals surface area contributed by atoms with E-state index >= 15 is 4.79 Å². The number of piperazine rings is 1. The number of amidine groups is 1. The molecule has 8 amide bonds. The molecule has 4 aromatic carbocycles. The molecular formula is C53H58Cl2N8O9. The lowest BCUT2D eigenvalue weighted by molar-refractivity contribution is -0.139. The molecule has 0 radical (unpaired) electrons. The van der Waals surface area contributed by atoms with Gasteiger partial charge in [0.25, 0.3) is 11.8 Å². The number of fused-ring (bicyclic) bond motifs is 1. The molecule has 0 spiro atoms. The molecule has 72 heavy (non-hydrogen) atoms. The van der Waals surface area contributed by atoms with Gasteiger partial charge in [0.1, 0.15) is 36.0 Å². The average Bonchev–Trinajstić information content (AvgIpc) is 3.87. The SMILES string of the molecule is COc1ccc(C2=N[C@@H](c3ccc(Cl)cc3)[C@@H](c3ccc(Cl)cc3)N2C(=O)N2CCN(CC(=O)NCCCCCCCCNc3cccc4c3C(=O)N(C3CCC(=O)NC3=O)C4=O)C(=O)C2)c(OC(C)C)c1. The van der Waals surface area contributed by atoms with Crippen molar-refractivity contribution < 1.29 is 43.0 Å². The number of rotatable bonds is 19. The zero-order valence-electron chi connectivity index (χ0n) is 40.5. The Balaban J connectivity index is 0.815. The standard InChI is InChI=1S/C53H58Cl2N8O9/c1-32(2)72-42-29-37(71-3)21-22-38(42)49-59-47(33-13-17-35(54)18-14-33)48(34-15-19-36(55)20-16-34)63(49)53(70)61-28-27-60(45(66)31-61)30-44(65)57-26-9-7-5-4-6-8-25-56-40-12-10-11-39-46(40)52(69)62(51(39)68)41-23-24-43(64)58-50(41)67/h10-22,29,32,41,47-48,56H,4-9,23-28,30-31H2,1-3H3,(H,57,65)(H,58,64,67)/t41?,47-,48+/m0/s1. The van der Waals surface area contributed by atoms with Crippen molar-refractivity contribution in [2.75, 3.05) is 51.7 Å². The lowest BCUT2D eigenvalue weighted by atomic mass is 9.93. The Morgan fingerprint density at radius 1 is 0.806 bits per heavy atom. The number of aliphatic imine (C=N–C) groups is 1. The Kier molecular flexibility index (Phi) is 16.5. The third-order valence-corrected chi connectivity index (χ3v) is 13.6. The van der Waals surface area contributed by atoms with E-state index in [1.54, 1.807) is 66.6 Å². The summed E-state index contributed by atoms with van der Waals surface area (Å²) in [5.41, 5.74) is 3.17. The molecule has 0 saturated carbocycles. The number of piperidine rings is 1. The number of carbonyl (C=O) groups excluding carboxylic acids is 7. The number of carbonyl (C=O) groups is 7. The summed E-state index contributed by atoms with van der Waals surface area (Å²) in [5, 5.41) is 9.53. The summed E-state index contributed by atoms with van der Waals surface area (Å²) in [6, 6.07) is 22.3. The summed E-state index contributed by atoms with van der Waals surface area (Å²) in [6.07, 6.45) is 5.25. The first-order valence-corrected chi connectivity index (χ1v) is 25.1. The summed E-state index contributed by atoms with van der Waals surface area (Å²) in [7, 11) is 1.57. The number of methoxy groups -OCH3 is 1. The predicted molar refractivity (Wildman–Crippen MR) is 271 cm³/mol. The van der Waals surface area contributed by atoms with Crippen molar-refractivity contribution in [3.63, 3.8) is 0 Å². The molecule has 8 rings (SSSR count). The summed E-state index contributed by atoms with van der Waals surface area (Å²) in [4.78, 5) is 103. The van der Waals surface area contributed by atoms with E-state index in [-0.39, 0.29) is 68.1 Å². The van der Waals surface area contributed by atoms with Gasteiger partial charge < -0.3 is 29.9 Å². The first-order chi connectivity index (χ1) is 34.7. The summed E-state index contributed by atoms with van der Waals surface area (Å²) in [6.45, 7) is 4.83. The van der Waals surface area contributed by atoms with Gasteiger partial charge in [-0.15, -0.1) is 0 Å². The highest BCUT2D eigenvalue weighted by Gasteiger charge is 2.47. The molecule has 3 atom stereocenters. The normalized spacial score (nSPS) is 18.9. The number of unbranched alkanes of at least 4 members (excludes halogenated alkanes) is 5. The van der Waals surface area contributed by atoms with Gasteiger partial charge in [-0.3, -0.25) is 48.9 Å². The molecule has 1 unspecified atom stereocenters. The maximum absolute atomic E-state index is 15.1. The van der Waals surface area contributed by atoms with Crippen molar-refractivity contribution in [3.05, 3.63) is 123 Å². The number of anilines is 1. The fourth-order valence-corrected chi connectivity index (χ4v) is 9.76. The highest BCUT2D eigenvalue weighted by molar-refractivity contribution is 6.31. The zero-order valence-corrected chi connectivity index (χ0v) is 42.0. The second kappa shape index (κ2) is 23.1. The number of hydrogen-bond donors (Lipinski definition) is 3. The molecule has 4 aromatic rings. The van der Waals surface area contributed by atoms with Crippen molar-refractivity contribution in [1.29, 1.82) is 0 Å². The Labute approximate surface area is 428 Å². The molecule has 19 heteroatoms. The van der Waals surface area contributed by atoms with Crippen LogP contribution in [0.3, 0.4) is 0 Å². The van der Waals surface area contributed by atoms with Crippen LogP contribution in [0.5, 0.6) is 11.5 Å². The van der Waals surface area contributed by atoms with Crippen molar-refractivity contribution >= 4 is 76.2 Å². The number of imide groups is 2. The first-order valence-electron chi connectivity index (χ1n) is 24.4. The lowest BCUT2D eigenvalue weighted by Crippen LogP contribution is -2.57. The van der Waals surface area contributed by atoms with Gasteiger partial charge in [-0.05, 0) is 92.8 Å². The fourth-order valence-electron chi connectivity index (χ4n) is 9.51. The van der Waals surface area contributed by atoms with Crippen molar-refractivity contribution in [2.24, 2.45) is 4.99 Å². The third kappa shape index (κ3) is 11.5. The number of urea groups is 1. The van der Waals surface area contributed by atoms with E-state index in [0.717, 1.165) is 54.6 Å². The highest BCUT2D eigenvalue weighted by atomic mass is 35.5. The molecule has 0 bridgehead atoms. The molecule has 4 aliphatic rings. The molecule has 2 saturated heterocycles. The van der Waals surface area contributed by atoms with Gasteiger partial charge in [0.15, 0.2) is 0 Å². The predicted octanol–water partition coefficient (Wildman–Crippen LogP) is 7.57. The Bertz CT molecular complexity index is 2750. The molecular weight excluding hydrogens is 964 g/mol. The molecule has 4 aliphatic heterocycles. The van der Waals surface area contributed by atoms with Crippen molar-refractivity contribution in [3.8, 4) is 11.5 Å². The molecule has 17 nitrogen and oxygen atoms in total. The average molecular weight is 1020 g/mol. The van der Waals surface area contributed by atoms with E-state index in [1.165, 1.54) is 9.80 Å². The topological polar surface area (TPSA) is 199 Å². The van der Waals surface area contributed by atoms with Gasteiger partial charge in [0, 0.05) is 54.4 Å². The number of nitrogens with zero attached hydrogens (tertiary/aromatic N) is 5. The summed E-state index contributed by atoms with van der Waals surface area (Å²) >= 11 is 12.7. The Morgan fingerprint density at radius 3 is 2.15 bits per heavy atom. The van der Waals surface area contributed by atoms with Gasteiger partial charge in [-0.2, -0.15) is 0 Å². The van der Waals surface area contributed by atoms with Gasteiger partial charge >= 0.3 is 6.03 Å². The Morgan fingerprint density at radius 2 is 1.49 bits per heavy atom. The van der Waals surface area contributed by atoms with E-state index in [1.807, 2.05) is 44.2 Å². The van der Waals surface area contributed by atoms with Crippen LogP contribution >= 0.6 is 23.2 Å². The second-order valence-corrected chi connectivity index (χ2v) is 19.3. The van der Waals surface area contributed by atoms with Crippen molar-refractivity contribution in [2.45, 2.75) is 89.4 Å². The fraction of sp³-hybridized carbons (Fsp3) is 0.396. The van der Waals surface area contributed by atoms with E-state index in [9.17, 15) is 28.8 Å². The van der Waals surface area contributed by atoms with Crippen LogP contribution in [-0.2, 0) is 19.2 Å². The molecule has 2 fully saturated rings. The minimum atomic E-state index is -1.02. The number of amides is 8. The third-order valence-electron chi connectivity index (χ3n) is 13.1. The number of ether oxygens (including phenoxy) is 2. The molecule has 0 aromatic heterocycles. The van der Waals surface area contributed by atoms with Crippen LogP contribution in [0.15, 0.2) is 89.9 Å². The first kappa shape index (κ1) is 51.4. The van der Waals surface area contributed by atoms with Crippen molar-refractivity contribution in [1.82, 2.24) is 30.2 Å². The monoisotopic (exact) mass is 1020 g/mol. The minimum Gasteiger partial charge on any atom is -0.497 e. The smallest absolute Gasteiger partial charge is 0.326 e. The number of halogens is 2. The quantitative estimate of drug-likeness (QED) is 0.0622. The largest absolute Gasteiger partial charge is 0.497 e. The Hall–Kier alpha value is -6.98. The molecule has 4 heterocycles. The summed E-state index contributed by atoms with van der Waals surface area (Å²) < 4.78 is 11.8. The molecule has 0 aliphatic carbocycles. The van der Waals surface area contributed by atoms with E-state index < -0.39 is 47.8 Å². The molecule has 3 N–H and O–H groups in total. The van der Waals surface area contributed by atoms with Gasteiger partial charge in [0.05, 0.1) is 42.5 Å². The number of benzene rings is 4. The van der Waals surface area contributed by atoms with E-state index in [4.69, 9.17) is 37.7 Å². The van der Waals surface area contributed by atoms with Crippen LogP contribution in [0.1, 0.15) is 115 Å². The summed E-state index contributed by atoms with van der Waals surface area (Å²) in [5.74, 6) is -1.39. The van der Waals surface area contributed by atoms with Gasteiger partial charge in [-0.25, -0.2) is 4.79 Å². The zero-order chi connectivity index (χ0) is 51.1. The lowest BCUT2D eigenvalue weighted by Gasteiger charge is -2.38. The van der Waals surface area contributed by atoms with E-state index in [2.05, 4.69) is 16.0 Å². The van der Waals surface area contributed by atoms with E-state index in [0.29, 0.717) is 51.7 Å².